The molecule has 0 saturated heterocycles. The van der Waals surface area contributed by atoms with Crippen LogP contribution in [-0.4, -0.2) is 23.8 Å². The second-order valence-corrected chi connectivity index (χ2v) is 10.6. The Kier molecular flexibility index (Phi) is 12.3. The fraction of sp³-hybridized carbons (Fsp3) is 0.321. The molecule has 0 fully saturated rings. The van der Waals surface area contributed by atoms with E-state index >= 15 is 0 Å². The van der Waals surface area contributed by atoms with Crippen molar-refractivity contribution in [1.82, 2.24) is 0 Å². The molecule has 4 nitrogen and oxygen atoms in total. The van der Waals surface area contributed by atoms with E-state index in [1.54, 1.807) is 24.3 Å². The Bertz CT molecular complexity index is 1110. The molecular weight excluding hydrogens is 591 g/mol. The van der Waals surface area contributed by atoms with Crippen LogP contribution in [0, 0.1) is 0 Å². The average molecular weight is 624 g/mol. The van der Waals surface area contributed by atoms with Gasteiger partial charge in [0.2, 0.25) is 0 Å². The van der Waals surface area contributed by atoms with Gasteiger partial charge in [-0.1, -0.05) is 32.9 Å². The lowest BCUT2D eigenvalue weighted by Gasteiger charge is -2.14. The minimum absolute atomic E-state index is 0.130. The third-order valence-electron chi connectivity index (χ3n) is 5.15. The van der Waals surface area contributed by atoms with E-state index in [4.69, 9.17) is 9.47 Å². The Hall–Kier alpha value is -1.88. The van der Waals surface area contributed by atoms with E-state index in [0.717, 1.165) is 35.7 Å². The lowest BCUT2D eigenvalue weighted by molar-refractivity contribution is 0.0334. The van der Waals surface area contributed by atoms with Gasteiger partial charge in [0.15, 0.2) is 5.75 Å². The molecule has 0 aliphatic heterocycles. The SMILES string of the molecule is CC.CCC(C)OC(=O)c1cccc(Cc2cc(Oc3c(Br)cc(CPC)cc3Br)ccc2O)c1. The van der Waals surface area contributed by atoms with Crippen molar-refractivity contribution >= 4 is 46.4 Å². The summed E-state index contributed by atoms with van der Waals surface area (Å²) in [5.41, 5.74) is 3.34. The van der Waals surface area contributed by atoms with Gasteiger partial charge in [-0.25, -0.2) is 4.79 Å². The molecule has 3 aromatic rings. The number of aromatic hydroxyl groups is 1. The van der Waals surface area contributed by atoms with E-state index in [9.17, 15) is 9.90 Å². The van der Waals surface area contributed by atoms with Gasteiger partial charge in [0.25, 0.3) is 0 Å². The van der Waals surface area contributed by atoms with Gasteiger partial charge in [0.1, 0.15) is 11.5 Å². The molecule has 1 N–H and O–H groups in total. The highest BCUT2D eigenvalue weighted by Crippen LogP contribution is 2.39. The maximum absolute atomic E-state index is 12.4. The number of benzene rings is 3. The van der Waals surface area contributed by atoms with Gasteiger partial charge in [-0.05, 0) is 112 Å². The first-order valence-corrected chi connectivity index (χ1v) is 15.0. The van der Waals surface area contributed by atoms with Crippen LogP contribution in [0.4, 0.5) is 0 Å². The Morgan fingerprint density at radius 3 is 2.34 bits per heavy atom. The van der Waals surface area contributed by atoms with E-state index in [1.165, 1.54) is 5.56 Å². The Morgan fingerprint density at radius 1 is 1.03 bits per heavy atom. The molecule has 0 bridgehead atoms. The van der Waals surface area contributed by atoms with E-state index in [2.05, 4.69) is 50.7 Å². The van der Waals surface area contributed by atoms with Crippen LogP contribution in [0.1, 0.15) is 61.2 Å². The van der Waals surface area contributed by atoms with Crippen molar-refractivity contribution in [3.05, 3.63) is 85.8 Å². The number of ether oxygens (including phenoxy) is 2. The first-order chi connectivity index (χ1) is 16.8. The number of carbonyl (C=O) groups excluding carboxylic acids is 1. The summed E-state index contributed by atoms with van der Waals surface area (Å²) in [6.07, 6.45) is 2.10. The Labute approximate surface area is 227 Å². The highest BCUT2D eigenvalue weighted by atomic mass is 79.9. The first kappa shape index (κ1) is 29.4. The summed E-state index contributed by atoms with van der Waals surface area (Å²) in [7, 11) is 0.837. The molecule has 7 heteroatoms. The predicted octanol–water partition coefficient (Wildman–Crippen LogP) is 9.09. The van der Waals surface area contributed by atoms with E-state index in [-0.39, 0.29) is 17.8 Å². The van der Waals surface area contributed by atoms with Crippen LogP contribution in [0.2, 0.25) is 0 Å². The summed E-state index contributed by atoms with van der Waals surface area (Å²) in [6.45, 7) is 10.0. The number of hydrogen-bond donors (Lipinski definition) is 1. The molecule has 0 aromatic heterocycles. The molecule has 0 spiro atoms. The molecule has 2 atom stereocenters. The molecular formula is C28H33Br2O4P. The first-order valence-electron chi connectivity index (χ1n) is 11.7. The topological polar surface area (TPSA) is 55.8 Å². The summed E-state index contributed by atoms with van der Waals surface area (Å²) in [6, 6.07) is 16.6. The number of halogens is 2. The summed E-state index contributed by atoms with van der Waals surface area (Å²) >= 11 is 7.22. The standard InChI is InChI=1S/C26H27Br2O4P.C2H6/c1-4-16(2)31-26(30)19-7-5-6-17(10-19)11-20-14-21(8-9-24(20)29)32-25-22(27)12-18(15-33-3)13-23(25)28;1-2/h5-10,12-14,16,29,33H,4,11,15H2,1-3H3;1-2H3. The minimum Gasteiger partial charge on any atom is -0.508 e. The van der Waals surface area contributed by atoms with Crippen molar-refractivity contribution in [2.24, 2.45) is 0 Å². The molecule has 0 heterocycles. The fourth-order valence-corrected chi connectivity index (χ4v) is 5.32. The number of phenolic OH excluding ortho intramolecular Hbond substituents is 1. The number of hydrogen-bond acceptors (Lipinski definition) is 4. The number of phenols is 1. The third-order valence-corrected chi connectivity index (χ3v) is 7.09. The van der Waals surface area contributed by atoms with Crippen molar-refractivity contribution in [3.63, 3.8) is 0 Å². The van der Waals surface area contributed by atoms with Crippen LogP contribution in [0.15, 0.2) is 63.5 Å². The average Bonchev–Trinajstić information content (AvgIpc) is 2.85. The Balaban J connectivity index is 0.00000210. The summed E-state index contributed by atoms with van der Waals surface area (Å²) < 4.78 is 13.3. The van der Waals surface area contributed by atoms with Gasteiger partial charge in [0.05, 0.1) is 20.6 Å². The number of rotatable bonds is 9. The van der Waals surface area contributed by atoms with Gasteiger partial charge in [-0.2, -0.15) is 0 Å². The third kappa shape index (κ3) is 8.63. The van der Waals surface area contributed by atoms with Gasteiger partial charge < -0.3 is 14.6 Å². The Morgan fingerprint density at radius 2 is 1.71 bits per heavy atom. The van der Waals surface area contributed by atoms with Crippen molar-refractivity contribution in [1.29, 1.82) is 0 Å². The zero-order valence-corrected chi connectivity index (χ0v) is 25.0. The van der Waals surface area contributed by atoms with Crippen molar-refractivity contribution < 1.29 is 19.4 Å². The summed E-state index contributed by atoms with van der Waals surface area (Å²) in [5.74, 6) is 1.13. The second-order valence-electron chi connectivity index (χ2n) is 7.81. The molecule has 3 rings (SSSR count). The van der Waals surface area contributed by atoms with Crippen molar-refractivity contribution in [3.8, 4) is 17.2 Å². The highest BCUT2D eigenvalue weighted by molar-refractivity contribution is 9.11. The number of carbonyl (C=O) groups is 1. The van der Waals surface area contributed by atoms with Crippen LogP contribution in [0.3, 0.4) is 0 Å². The molecule has 0 aliphatic rings. The van der Waals surface area contributed by atoms with E-state index in [0.29, 0.717) is 29.0 Å². The second kappa shape index (κ2) is 14.6. The molecule has 0 saturated carbocycles. The van der Waals surface area contributed by atoms with Gasteiger partial charge in [0, 0.05) is 12.0 Å². The normalized spacial score (nSPS) is 11.6. The lowest BCUT2D eigenvalue weighted by Crippen LogP contribution is -2.14. The fourth-order valence-electron chi connectivity index (χ4n) is 3.26. The molecule has 3 aromatic carbocycles. The van der Waals surface area contributed by atoms with Crippen molar-refractivity contribution in [2.45, 2.75) is 52.8 Å². The van der Waals surface area contributed by atoms with Gasteiger partial charge in [-0.3, -0.25) is 0 Å². The van der Waals surface area contributed by atoms with Crippen molar-refractivity contribution in [2.75, 3.05) is 6.66 Å². The smallest absolute Gasteiger partial charge is 0.338 e. The zero-order chi connectivity index (χ0) is 26.0. The van der Waals surface area contributed by atoms with Crippen LogP contribution in [-0.2, 0) is 17.3 Å². The van der Waals surface area contributed by atoms with Crippen LogP contribution < -0.4 is 4.74 Å². The maximum Gasteiger partial charge on any atom is 0.338 e. The largest absolute Gasteiger partial charge is 0.508 e. The highest BCUT2D eigenvalue weighted by Gasteiger charge is 2.14. The van der Waals surface area contributed by atoms with E-state index in [1.807, 2.05) is 45.9 Å². The minimum atomic E-state index is -0.339. The molecule has 2 unspecified atom stereocenters. The van der Waals surface area contributed by atoms with Crippen LogP contribution in [0.5, 0.6) is 17.2 Å². The predicted molar refractivity (Wildman–Crippen MR) is 154 cm³/mol. The molecule has 0 amide bonds. The molecule has 0 aliphatic carbocycles. The maximum atomic E-state index is 12.4. The molecule has 0 radical (unpaired) electrons. The van der Waals surface area contributed by atoms with Crippen LogP contribution >= 0.6 is 40.4 Å². The van der Waals surface area contributed by atoms with Crippen LogP contribution in [0.25, 0.3) is 0 Å². The van der Waals surface area contributed by atoms with Gasteiger partial charge in [-0.15, -0.1) is 8.58 Å². The molecule has 188 valence electrons. The number of esters is 1. The monoisotopic (exact) mass is 622 g/mol. The lowest BCUT2D eigenvalue weighted by atomic mass is 10.0. The summed E-state index contributed by atoms with van der Waals surface area (Å²) in [4.78, 5) is 12.4. The summed E-state index contributed by atoms with van der Waals surface area (Å²) in [5, 5.41) is 10.4. The van der Waals surface area contributed by atoms with Gasteiger partial charge >= 0.3 is 5.97 Å². The quantitative estimate of drug-likeness (QED) is 0.191. The van der Waals surface area contributed by atoms with E-state index < -0.39 is 0 Å². The molecule has 35 heavy (non-hydrogen) atoms. The zero-order valence-electron chi connectivity index (χ0n) is 20.8.